The Hall–Kier alpha value is -0.150. The molecule has 1 rings (SSSR count). The summed E-state index contributed by atoms with van der Waals surface area (Å²) in [6.45, 7) is 7.82. The highest BCUT2D eigenvalue weighted by atomic mass is 19.1. The first kappa shape index (κ1) is 9.93. The van der Waals surface area contributed by atoms with Gasteiger partial charge in [0.2, 0.25) is 0 Å². The van der Waals surface area contributed by atoms with Crippen molar-refractivity contribution in [1.29, 1.82) is 0 Å². The van der Waals surface area contributed by atoms with Gasteiger partial charge in [-0.25, -0.2) is 4.39 Å². The molecule has 0 saturated carbocycles. The predicted molar refractivity (Wildman–Crippen MR) is 49.1 cm³/mol. The zero-order chi connectivity index (χ0) is 9.19. The molecule has 1 heterocycles. The number of hydrogen-bond donors (Lipinski definition) is 2. The highest BCUT2D eigenvalue weighted by molar-refractivity contribution is 4.87. The van der Waals surface area contributed by atoms with Crippen LogP contribution in [0.3, 0.4) is 0 Å². The third-order valence-corrected chi connectivity index (χ3v) is 2.12. The lowest BCUT2D eigenvalue weighted by Crippen LogP contribution is -2.46. The summed E-state index contributed by atoms with van der Waals surface area (Å²) in [5, 5.41) is 6.43. The largest absolute Gasteiger partial charge is 0.310 e. The Kier molecular flexibility index (Phi) is 3.07. The Labute approximate surface area is 73.9 Å². The fraction of sp³-hybridized carbons (Fsp3) is 1.00. The van der Waals surface area contributed by atoms with Gasteiger partial charge >= 0.3 is 0 Å². The van der Waals surface area contributed by atoms with Gasteiger partial charge in [0.1, 0.15) is 6.17 Å². The van der Waals surface area contributed by atoms with E-state index >= 15 is 0 Å². The van der Waals surface area contributed by atoms with Crippen LogP contribution in [0.4, 0.5) is 4.39 Å². The Bertz CT molecular complexity index is 142. The molecule has 1 saturated heterocycles. The van der Waals surface area contributed by atoms with E-state index in [0.29, 0.717) is 6.42 Å². The van der Waals surface area contributed by atoms with E-state index in [4.69, 9.17) is 0 Å². The zero-order valence-electron chi connectivity index (χ0n) is 8.15. The number of hydrogen-bond acceptors (Lipinski definition) is 2. The molecule has 0 aliphatic carbocycles. The van der Waals surface area contributed by atoms with Crippen LogP contribution in [-0.4, -0.2) is 30.8 Å². The van der Waals surface area contributed by atoms with Crippen LogP contribution >= 0.6 is 0 Å². The highest BCUT2D eigenvalue weighted by Crippen LogP contribution is 2.11. The van der Waals surface area contributed by atoms with Crippen molar-refractivity contribution >= 4 is 0 Å². The summed E-state index contributed by atoms with van der Waals surface area (Å²) in [7, 11) is 0. The normalized spacial score (nSPS) is 31.0. The molecule has 0 spiro atoms. The number of halogens is 1. The van der Waals surface area contributed by atoms with Crippen LogP contribution in [-0.2, 0) is 0 Å². The summed E-state index contributed by atoms with van der Waals surface area (Å²) < 4.78 is 13.1. The molecule has 3 heteroatoms. The van der Waals surface area contributed by atoms with Crippen molar-refractivity contribution in [3.05, 3.63) is 0 Å². The van der Waals surface area contributed by atoms with Gasteiger partial charge in [-0.1, -0.05) is 0 Å². The molecule has 2 N–H and O–H groups in total. The summed E-state index contributed by atoms with van der Waals surface area (Å²) in [6, 6.07) is 0.0178. The van der Waals surface area contributed by atoms with Crippen molar-refractivity contribution in [2.24, 2.45) is 0 Å². The van der Waals surface area contributed by atoms with E-state index in [-0.39, 0.29) is 11.6 Å². The van der Waals surface area contributed by atoms with Gasteiger partial charge in [-0.2, -0.15) is 0 Å². The van der Waals surface area contributed by atoms with Crippen molar-refractivity contribution in [1.82, 2.24) is 10.6 Å². The van der Waals surface area contributed by atoms with E-state index in [9.17, 15) is 4.39 Å². The standard InChI is InChI=1S/C9H19FN2/c1-9(2,3)12-6-8-7(10)4-5-11-8/h7-8,11-12H,4-6H2,1-3H3. The molecule has 0 amide bonds. The summed E-state index contributed by atoms with van der Waals surface area (Å²) in [5.41, 5.74) is 0.0873. The molecule has 1 fully saturated rings. The SMILES string of the molecule is CC(C)(C)NCC1NCCC1F. The maximum absolute atomic E-state index is 13.1. The third kappa shape index (κ3) is 3.07. The van der Waals surface area contributed by atoms with Crippen LogP contribution < -0.4 is 10.6 Å². The fourth-order valence-corrected chi connectivity index (χ4v) is 1.35. The van der Waals surface area contributed by atoms with Gasteiger partial charge in [0, 0.05) is 12.1 Å². The lowest BCUT2D eigenvalue weighted by Gasteiger charge is -2.24. The molecular weight excluding hydrogens is 155 g/mol. The van der Waals surface area contributed by atoms with E-state index < -0.39 is 6.17 Å². The topological polar surface area (TPSA) is 24.1 Å². The van der Waals surface area contributed by atoms with E-state index in [2.05, 4.69) is 31.4 Å². The summed E-state index contributed by atoms with van der Waals surface area (Å²) in [4.78, 5) is 0. The Balaban J connectivity index is 2.23. The van der Waals surface area contributed by atoms with Crippen LogP contribution in [0, 0.1) is 0 Å². The Morgan fingerprint density at radius 2 is 2.17 bits per heavy atom. The van der Waals surface area contributed by atoms with Gasteiger partial charge in [-0.3, -0.25) is 0 Å². The molecule has 0 radical (unpaired) electrons. The van der Waals surface area contributed by atoms with Crippen molar-refractivity contribution in [3.8, 4) is 0 Å². The second kappa shape index (κ2) is 3.71. The Morgan fingerprint density at radius 3 is 2.58 bits per heavy atom. The van der Waals surface area contributed by atoms with Crippen molar-refractivity contribution in [2.75, 3.05) is 13.1 Å². The van der Waals surface area contributed by atoms with Crippen LogP contribution in [0.25, 0.3) is 0 Å². The van der Waals surface area contributed by atoms with Gasteiger partial charge < -0.3 is 10.6 Å². The molecule has 72 valence electrons. The molecule has 2 nitrogen and oxygen atoms in total. The quantitative estimate of drug-likeness (QED) is 0.654. The first-order chi connectivity index (χ1) is 5.49. The molecule has 2 atom stereocenters. The molecule has 0 aromatic heterocycles. The first-order valence-electron chi connectivity index (χ1n) is 4.61. The van der Waals surface area contributed by atoms with Crippen LogP contribution in [0.5, 0.6) is 0 Å². The predicted octanol–water partition coefficient (Wildman–Crippen LogP) is 1.07. The third-order valence-electron chi connectivity index (χ3n) is 2.12. The van der Waals surface area contributed by atoms with E-state index in [0.717, 1.165) is 13.1 Å². The molecule has 1 aliphatic rings. The molecule has 0 bridgehead atoms. The lowest BCUT2D eigenvalue weighted by molar-refractivity contribution is 0.278. The monoisotopic (exact) mass is 174 g/mol. The van der Waals surface area contributed by atoms with Gasteiger partial charge in [-0.15, -0.1) is 0 Å². The minimum absolute atomic E-state index is 0.0178. The fourth-order valence-electron chi connectivity index (χ4n) is 1.35. The van der Waals surface area contributed by atoms with Gasteiger partial charge in [0.05, 0.1) is 6.04 Å². The van der Waals surface area contributed by atoms with E-state index in [1.807, 2.05) is 0 Å². The molecule has 12 heavy (non-hydrogen) atoms. The second-order valence-corrected chi connectivity index (χ2v) is 4.50. The average Bonchev–Trinajstić information content (AvgIpc) is 2.29. The van der Waals surface area contributed by atoms with Gasteiger partial charge in [-0.05, 0) is 33.7 Å². The van der Waals surface area contributed by atoms with E-state index in [1.165, 1.54) is 0 Å². The van der Waals surface area contributed by atoms with E-state index in [1.54, 1.807) is 0 Å². The molecule has 0 aromatic carbocycles. The first-order valence-corrected chi connectivity index (χ1v) is 4.61. The van der Waals surface area contributed by atoms with Crippen LogP contribution in [0.2, 0.25) is 0 Å². The minimum atomic E-state index is -0.667. The smallest absolute Gasteiger partial charge is 0.118 e. The summed E-state index contributed by atoms with van der Waals surface area (Å²) in [5.74, 6) is 0. The maximum Gasteiger partial charge on any atom is 0.118 e. The molecule has 2 unspecified atom stereocenters. The highest BCUT2D eigenvalue weighted by Gasteiger charge is 2.26. The van der Waals surface area contributed by atoms with Crippen molar-refractivity contribution in [3.63, 3.8) is 0 Å². The summed E-state index contributed by atoms with van der Waals surface area (Å²) >= 11 is 0. The number of rotatable bonds is 2. The van der Waals surface area contributed by atoms with Gasteiger partial charge in [0.25, 0.3) is 0 Å². The molecule has 0 aromatic rings. The number of alkyl halides is 1. The maximum atomic E-state index is 13.1. The molecular formula is C9H19FN2. The summed E-state index contributed by atoms with van der Waals surface area (Å²) in [6.07, 6.45) is -0.00362. The van der Waals surface area contributed by atoms with Crippen molar-refractivity contribution in [2.45, 2.75) is 44.9 Å². The lowest BCUT2D eigenvalue weighted by atomic mass is 10.1. The van der Waals surface area contributed by atoms with Crippen LogP contribution in [0.1, 0.15) is 27.2 Å². The van der Waals surface area contributed by atoms with Crippen LogP contribution in [0.15, 0.2) is 0 Å². The minimum Gasteiger partial charge on any atom is -0.310 e. The number of nitrogens with one attached hydrogen (secondary N) is 2. The molecule has 1 aliphatic heterocycles. The Morgan fingerprint density at radius 1 is 1.50 bits per heavy atom. The second-order valence-electron chi connectivity index (χ2n) is 4.50. The average molecular weight is 174 g/mol. The van der Waals surface area contributed by atoms with Gasteiger partial charge in [0.15, 0.2) is 0 Å². The zero-order valence-corrected chi connectivity index (χ0v) is 8.15. The van der Waals surface area contributed by atoms with Crippen molar-refractivity contribution < 1.29 is 4.39 Å².